The Morgan fingerprint density at radius 1 is 0.895 bits per heavy atom. The molecule has 3 rings (SSSR count). The van der Waals surface area contributed by atoms with Crippen LogP contribution in [0.5, 0.6) is 5.75 Å². The van der Waals surface area contributed by atoms with E-state index in [0.29, 0.717) is 32.1 Å². The van der Waals surface area contributed by atoms with Gasteiger partial charge < -0.3 is 19.1 Å². The molecule has 0 saturated heterocycles. The first-order valence-corrected chi connectivity index (χ1v) is 13.4. The molecule has 6 nitrogen and oxygen atoms in total. The van der Waals surface area contributed by atoms with Crippen LogP contribution in [0, 0.1) is 11.3 Å². The van der Waals surface area contributed by atoms with Gasteiger partial charge in [0.15, 0.2) is 0 Å². The lowest BCUT2D eigenvalue weighted by Crippen LogP contribution is -2.47. The molecule has 0 unspecified atom stereocenters. The van der Waals surface area contributed by atoms with Gasteiger partial charge in [-0.1, -0.05) is 77.1 Å². The van der Waals surface area contributed by atoms with Gasteiger partial charge in [-0.2, -0.15) is 0 Å². The highest BCUT2D eigenvalue weighted by molar-refractivity contribution is 5.87. The molecular formula is C32H43N3O3. The van der Waals surface area contributed by atoms with Gasteiger partial charge in [0.1, 0.15) is 5.75 Å². The van der Waals surface area contributed by atoms with Crippen molar-refractivity contribution in [3.8, 4) is 5.75 Å². The summed E-state index contributed by atoms with van der Waals surface area (Å²) in [7, 11) is 1.67. The van der Waals surface area contributed by atoms with Crippen molar-refractivity contribution in [3.05, 3.63) is 89.7 Å². The zero-order chi connectivity index (χ0) is 27.7. The third-order valence-electron chi connectivity index (χ3n) is 6.56. The number of nitrogens with zero attached hydrogens (tertiary/aromatic N) is 3. The Morgan fingerprint density at radius 3 is 2.26 bits per heavy atom. The van der Waals surface area contributed by atoms with Crippen molar-refractivity contribution in [2.45, 2.75) is 60.7 Å². The largest absolute Gasteiger partial charge is 0.497 e. The molecule has 0 N–H and O–H groups in total. The normalized spacial score (nSPS) is 11.4. The van der Waals surface area contributed by atoms with E-state index in [-0.39, 0.29) is 18.4 Å². The standard InChI is InChI=1S/C32H43N3O3/c1-25(2)17-19-34(31(37)32(3,4)5)24-30(36)35(21-26-12-8-7-9-13-26)23-28-15-11-18-33(28)22-27-14-10-16-29(20-27)38-6/h7-16,18,20,25H,17,19,21-24H2,1-6H3. The zero-order valence-electron chi connectivity index (χ0n) is 23.8. The SMILES string of the molecule is COc1cccc(Cn2cccc2CN(Cc2ccccc2)C(=O)CN(CCC(C)C)C(=O)C(C)(C)C)c1. The summed E-state index contributed by atoms with van der Waals surface area (Å²) >= 11 is 0. The van der Waals surface area contributed by atoms with E-state index in [1.165, 1.54) is 0 Å². The summed E-state index contributed by atoms with van der Waals surface area (Å²) in [6.45, 7) is 12.3. The summed E-state index contributed by atoms with van der Waals surface area (Å²) in [5, 5.41) is 0. The quantitative estimate of drug-likeness (QED) is 0.296. The van der Waals surface area contributed by atoms with Gasteiger partial charge in [0, 0.05) is 36.9 Å². The fourth-order valence-electron chi connectivity index (χ4n) is 4.35. The molecule has 0 atom stereocenters. The van der Waals surface area contributed by atoms with Crippen molar-refractivity contribution in [1.29, 1.82) is 0 Å². The van der Waals surface area contributed by atoms with Crippen molar-refractivity contribution in [2.24, 2.45) is 11.3 Å². The number of methoxy groups -OCH3 is 1. The van der Waals surface area contributed by atoms with E-state index < -0.39 is 5.41 Å². The number of benzene rings is 2. The molecule has 0 saturated carbocycles. The molecule has 0 aliphatic heterocycles. The molecule has 0 spiro atoms. The number of carbonyl (C=O) groups excluding carboxylic acids is 2. The molecule has 2 aromatic carbocycles. The highest BCUT2D eigenvalue weighted by Crippen LogP contribution is 2.20. The molecule has 2 amide bonds. The van der Waals surface area contributed by atoms with Crippen LogP contribution in [0.3, 0.4) is 0 Å². The molecule has 38 heavy (non-hydrogen) atoms. The second-order valence-corrected chi connectivity index (χ2v) is 11.4. The topological polar surface area (TPSA) is 54.8 Å². The van der Waals surface area contributed by atoms with E-state index in [4.69, 9.17) is 4.74 Å². The van der Waals surface area contributed by atoms with Crippen LogP contribution in [0.1, 0.15) is 57.9 Å². The first-order chi connectivity index (χ1) is 18.1. The molecule has 1 aromatic heterocycles. The number of amides is 2. The number of hydrogen-bond donors (Lipinski definition) is 0. The van der Waals surface area contributed by atoms with E-state index in [1.807, 2.05) is 86.5 Å². The first-order valence-electron chi connectivity index (χ1n) is 13.4. The summed E-state index contributed by atoms with van der Waals surface area (Å²) in [5.41, 5.74) is 2.67. The summed E-state index contributed by atoms with van der Waals surface area (Å²) in [4.78, 5) is 30.7. The van der Waals surface area contributed by atoms with Gasteiger partial charge in [-0.15, -0.1) is 0 Å². The Labute approximate surface area is 228 Å². The number of rotatable bonds is 12. The van der Waals surface area contributed by atoms with Gasteiger partial charge in [0.25, 0.3) is 0 Å². The fraction of sp³-hybridized carbons (Fsp3) is 0.438. The lowest BCUT2D eigenvalue weighted by molar-refractivity contribution is -0.146. The predicted octanol–water partition coefficient (Wildman–Crippen LogP) is 5.99. The van der Waals surface area contributed by atoms with Crippen LogP contribution in [0.2, 0.25) is 0 Å². The minimum atomic E-state index is -0.549. The average molecular weight is 518 g/mol. The van der Waals surface area contributed by atoms with Gasteiger partial charge in [-0.05, 0) is 47.7 Å². The number of ether oxygens (including phenoxy) is 1. The minimum Gasteiger partial charge on any atom is -0.497 e. The zero-order valence-corrected chi connectivity index (χ0v) is 23.8. The maximum absolute atomic E-state index is 13.8. The van der Waals surface area contributed by atoms with Crippen LogP contribution >= 0.6 is 0 Å². The van der Waals surface area contributed by atoms with Crippen molar-refractivity contribution >= 4 is 11.8 Å². The molecule has 0 bridgehead atoms. The van der Waals surface area contributed by atoms with Gasteiger partial charge in [-0.3, -0.25) is 9.59 Å². The van der Waals surface area contributed by atoms with Crippen LogP contribution in [-0.2, 0) is 29.2 Å². The van der Waals surface area contributed by atoms with E-state index in [0.717, 1.165) is 29.0 Å². The summed E-state index contributed by atoms with van der Waals surface area (Å²) in [5.74, 6) is 1.22. The van der Waals surface area contributed by atoms with Gasteiger partial charge in [0.2, 0.25) is 11.8 Å². The van der Waals surface area contributed by atoms with Crippen LogP contribution in [0.4, 0.5) is 0 Å². The van der Waals surface area contributed by atoms with Crippen molar-refractivity contribution < 1.29 is 14.3 Å². The lowest BCUT2D eigenvalue weighted by Gasteiger charge is -2.32. The Morgan fingerprint density at radius 2 is 1.61 bits per heavy atom. The predicted molar refractivity (Wildman–Crippen MR) is 153 cm³/mol. The van der Waals surface area contributed by atoms with E-state index >= 15 is 0 Å². The van der Waals surface area contributed by atoms with E-state index in [9.17, 15) is 9.59 Å². The Bertz CT molecular complexity index is 1180. The average Bonchev–Trinajstić information content (AvgIpc) is 3.31. The van der Waals surface area contributed by atoms with Crippen LogP contribution in [0.15, 0.2) is 72.9 Å². The Kier molecular flexibility index (Phi) is 10.2. The van der Waals surface area contributed by atoms with Crippen LogP contribution < -0.4 is 4.74 Å². The third kappa shape index (κ3) is 8.51. The van der Waals surface area contributed by atoms with Gasteiger partial charge in [-0.25, -0.2) is 0 Å². The highest BCUT2D eigenvalue weighted by atomic mass is 16.5. The fourth-order valence-corrected chi connectivity index (χ4v) is 4.35. The van der Waals surface area contributed by atoms with Crippen LogP contribution in [-0.4, -0.2) is 46.4 Å². The van der Waals surface area contributed by atoms with Crippen LogP contribution in [0.25, 0.3) is 0 Å². The molecule has 0 fully saturated rings. The van der Waals surface area contributed by atoms with Crippen molar-refractivity contribution in [1.82, 2.24) is 14.4 Å². The van der Waals surface area contributed by atoms with Crippen molar-refractivity contribution in [2.75, 3.05) is 20.2 Å². The molecular weight excluding hydrogens is 474 g/mol. The van der Waals surface area contributed by atoms with E-state index in [2.05, 4.69) is 30.5 Å². The maximum Gasteiger partial charge on any atom is 0.242 e. The Hall–Kier alpha value is -3.54. The van der Waals surface area contributed by atoms with E-state index in [1.54, 1.807) is 12.0 Å². The Balaban J connectivity index is 1.84. The van der Waals surface area contributed by atoms with Crippen molar-refractivity contribution in [3.63, 3.8) is 0 Å². The molecule has 1 heterocycles. The maximum atomic E-state index is 13.8. The highest BCUT2D eigenvalue weighted by Gasteiger charge is 2.30. The third-order valence-corrected chi connectivity index (χ3v) is 6.56. The summed E-state index contributed by atoms with van der Waals surface area (Å²) < 4.78 is 7.55. The van der Waals surface area contributed by atoms with Gasteiger partial charge >= 0.3 is 0 Å². The molecule has 0 aliphatic rings. The second kappa shape index (κ2) is 13.3. The minimum absolute atomic E-state index is 0.00700. The second-order valence-electron chi connectivity index (χ2n) is 11.4. The number of aromatic nitrogens is 1. The monoisotopic (exact) mass is 517 g/mol. The lowest BCUT2D eigenvalue weighted by atomic mass is 9.94. The molecule has 3 aromatic rings. The number of hydrogen-bond acceptors (Lipinski definition) is 3. The summed E-state index contributed by atoms with van der Waals surface area (Å²) in [6, 6.07) is 22.1. The molecule has 0 radical (unpaired) electrons. The number of carbonyl (C=O) groups is 2. The first kappa shape index (κ1) is 29.0. The van der Waals surface area contributed by atoms with Gasteiger partial charge in [0.05, 0.1) is 20.2 Å². The molecule has 0 aliphatic carbocycles. The smallest absolute Gasteiger partial charge is 0.242 e. The molecule has 6 heteroatoms. The molecule has 204 valence electrons. The summed E-state index contributed by atoms with van der Waals surface area (Å²) in [6.07, 6.45) is 2.90.